The number of aryl methyl sites for hydroxylation is 1. The van der Waals surface area contributed by atoms with Gasteiger partial charge in [0.1, 0.15) is 12.4 Å². The van der Waals surface area contributed by atoms with Crippen LogP contribution < -0.4 is 4.90 Å². The van der Waals surface area contributed by atoms with Crippen LogP contribution in [0.15, 0.2) is 42.9 Å². The van der Waals surface area contributed by atoms with E-state index in [1.165, 1.54) is 10.9 Å². The molecule has 0 saturated carbocycles. The van der Waals surface area contributed by atoms with Gasteiger partial charge in [-0.2, -0.15) is 0 Å². The summed E-state index contributed by atoms with van der Waals surface area (Å²) in [6.07, 6.45) is 7.26. The minimum Gasteiger partial charge on any atom is -0.369 e. The number of ether oxygens (including phenoxy) is 1. The standard InChI is InChI=1S/C22H25N5O2/c1-16-11-23-12-20(25-16)26-9-6-22(7-10-26)15-29-14-21(28)27(22)13-17-3-2-4-19-18(17)5-8-24-19/h2-5,8,11-12,24H,6-7,9-10,13-15H2,1H3. The Bertz CT molecular complexity index is 1040. The Labute approximate surface area is 169 Å². The third kappa shape index (κ3) is 3.25. The smallest absolute Gasteiger partial charge is 0.249 e. The fourth-order valence-electron chi connectivity index (χ4n) is 4.63. The molecule has 3 aromatic rings. The summed E-state index contributed by atoms with van der Waals surface area (Å²) in [6.45, 7) is 4.99. The van der Waals surface area contributed by atoms with Gasteiger partial charge in [0.15, 0.2) is 0 Å². The predicted octanol–water partition coefficient (Wildman–Crippen LogP) is 2.66. The number of nitrogens with zero attached hydrogens (tertiary/aromatic N) is 4. The van der Waals surface area contributed by atoms with Crippen LogP contribution in [0.1, 0.15) is 24.1 Å². The van der Waals surface area contributed by atoms with Gasteiger partial charge in [-0.1, -0.05) is 12.1 Å². The van der Waals surface area contributed by atoms with Crippen molar-refractivity contribution in [2.75, 3.05) is 31.2 Å². The van der Waals surface area contributed by atoms with Crippen LogP contribution in [0.4, 0.5) is 5.82 Å². The zero-order valence-electron chi connectivity index (χ0n) is 16.6. The van der Waals surface area contributed by atoms with Crippen molar-refractivity contribution < 1.29 is 9.53 Å². The van der Waals surface area contributed by atoms with Crippen molar-refractivity contribution >= 4 is 22.6 Å². The number of nitrogens with one attached hydrogen (secondary N) is 1. The molecule has 2 fully saturated rings. The third-order valence-electron chi connectivity index (χ3n) is 6.24. The van der Waals surface area contributed by atoms with Crippen LogP contribution >= 0.6 is 0 Å². The molecule has 2 aliphatic heterocycles. The first-order valence-electron chi connectivity index (χ1n) is 10.1. The van der Waals surface area contributed by atoms with Crippen LogP contribution in [-0.4, -0.2) is 57.6 Å². The van der Waals surface area contributed by atoms with E-state index in [2.05, 4.69) is 43.0 Å². The molecule has 150 valence electrons. The van der Waals surface area contributed by atoms with Crippen molar-refractivity contribution in [1.29, 1.82) is 0 Å². The van der Waals surface area contributed by atoms with Crippen LogP contribution in [0.5, 0.6) is 0 Å². The quantitative estimate of drug-likeness (QED) is 0.743. The fourth-order valence-corrected chi connectivity index (χ4v) is 4.63. The number of amides is 1. The highest BCUT2D eigenvalue weighted by Gasteiger charge is 2.45. The molecule has 0 radical (unpaired) electrons. The number of aromatic amines is 1. The third-order valence-corrected chi connectivity index (χ3v) is 6.24. The normalized spacial score (nSPS) is 19.3. The Morgan fingerprint density at radius 1 is 1.21 bits per heavy atom. The van der Waals surface area contributed by atoms with Crippen molar-refractivity contribution in [2.24, 2.45) is 0 Å². The van der Waals surface area contributed by atoms with Gasteiger partial charge in [-0.3, -0.25) is 9.78 Å². The Morgan fingerprint density at radius 2 is 2.07 bits per heavy atom. The SMILES string of the molecule is Cc1cncc(N2CCC3(CC2)COCC(=O)N3Cc2cccc3[nH]ccc23)n1. The maximum absolute atomic E-state index is 12.9. The number of benzene rings is 1. The molecule has 0 atom stereocenters. The fraction of sp³-hybridized carbons (Fsp3) is 0.409. The first kappa shape index (κ1) is 18.1. The Morgan fingerprint density at radius 3 is 2.90 bits per heavy atom. The molecule has 5 rings (SSSR count). The molecule has 1 amide bonds. The zero-order chi connectivity index (χ0) is 19.8. The van der Waals surface area contributed by atoms with Gasteiger partial charge in [-0.05, 0) is 37.5 Å². The molecule has 4 heterocycles. The Balaban J connectivity index is 1.39. The predicted molar refractivity (Wildman–Crippen MR) is 111 cm³/mol. The number of aromatic nitrogens is 3. The van der Waals surface area contributed by atoms with Gasteiger partial charge in [0.25, 0.3) is 0 Å². The largest absolute Gasteiger partial charge is 0.369 e. The van der Waals surface area contributed by atoms with E-state index in [-0.39, 0.29) is 18.1 Å². The molecule has 2 saturated heterocycles. The van der Waals surface area contributed by atoms with E-state index in [9.17, 15) is 4.79 Å². The second kappa shape index (κ2) is 7.15. The van der Waals surface area contributed by atoms with E-state index in [1.807, 2.05) is 25.4 Å². The molecule has 7 nitrogen and oxygen atoms in total. The summed E-state index contributed by atoms with van der Waals surface area (Å²) in [6, 6.07) is 8.31. The Kier molecular flexibility index (Phi) is 4.47. The minimum atomic E-state index is -0.262. The summed E-state index contributed by atoms with van der Waals surface area (Å²) >= 11 is 0. The molecule has 0 bridgehead atoms. The van der Waals surface area contributed by atoms with Crippen molar-refractivity contribution in [1.82, 2.24) is 19.9 Å². The van der Waals surface area contributed by atoms with Crippen molar-refractivity contribution in [2.45, 2.75) is 31.8 Å². The first-order chi connectivity index (χ1) is 14.1. The van der Waals surface area contributed by atoms with E-state index in [1.54, 1.807) is 6.20 Å². The zero-order valence-corrected chi connectivity index (χ0v) is 16.6. The van der Waals surface area contributed by atoms with Crippen LogP contribution in [-0.2, 0) is 16.1 Å². The number of hydrogen-bond donors (Lipinski definition) is 1. The number of piperidine rings is 1. The first-order valence-corrected chi connectivity index (χ1v) is 10.1. The molecular weight excluding hydrogens is 366 g/mol. The second-order valence-electron chi connectivity index (χ2n) is 8.06. The average Bonchev–Trinajstić information content (AvgIpc) is 3.21. The maximum Gasteiger partial charge on any atom is 0.249 e. The van der Waals surface area contributed by atoms with Gasteiger partial charge in [0, 0.05) is 42.9 Å². The second-order valence-corrected chi connectivity index (χ2v) is 8.06. The summed E-state index contributed by atoms with van der Waals surface area (Å²) in [4.78, 5) is 29.4. The molecule has 0 unspecified atom stereocenters. The van der Waals surface area contributed by atoms with Gasteiger partial charge in [0.05, 0.1) is 24.0 Å². The number of carbonyl (C=O) groups excluding carboxylic acids is 1. The lowest BCUT2D eigenvalue weighted by Crippen LogP contribution is -2.63. The van der Waals surface area contributed by atoms with Gasteiger partial charge in [-0.25, -0.2) is 4.98 Å². The molecule has 2 aliphatic rings. The highest BCUT2D eigenvalue weighted by molar-refractivity contribution is 5.84. The monoisotopic (exact) mass is 391 g/mol. The summed E-state index contributed by atoms with van der Waals surface area (Å²) in [7, 11) is 0. The van der Waals surface area contributed by atoms with Gasteiger partial charge in [-0.15, -0.1) is 0 Å². The van der Waals surface area contributed by atoms with Crippen LogP contribution in [0, 0.1) is 6.92 Å². The lowest BCUT2D eigenvalue weighted by molar-refractivity contribution is -0.161. The van der Waals surface area contributed by atoms with E-state index in [4.69, 9.17) is 4.74 Å². The highest BCUT2D eigenvalue weighted by atomic mass is 16.5. The Hall–Kier alpha value is -2.93. The molecule has 1 aromatic carbocycles. The van der Waals surface area contributed by atoms with Crippen molar-refractivity contribution in [3.8, 4) is 0 Å². The average molecular weight is 391 g/mol. The minimum absolute atomic E-state index is 0.0765. The lowest BCUT2D eigenvalue weighted by atomic mass is 9.84. The number of fused-ring (bicyclic) bond motifs is 1. The summed E-state index contributed by atoms with van der Waals surface area (Å²) in [5.41, 5.74) is 2.93. The molecule has 29 heavy (non-hydrogen) atoms. The van der Waals surface area contributed by atoms with Crippen molar-refractivity contribution in [3.05, 3.63) is 54.1 Å². The molecule has 2 aromatic heterocycles. The van der Waals surface area contributed by atoms with Gasteiger partial charge >= 0.3 is 0 Å². The van der Waals surface area contributed by atoms with E-state index in [0.717, 1.165) is 43.0 Å². The highest BCUT2D eigenvalue weighted by Crippen LogP contribution is 2.35. The van der Waals surface area contributed by atoms with E-state index >= 15 is 0 Å². The molecule has 1 spiro atoms. The number of anilines is 1. The van der Waals surface area contributed by atoms with E-state index < -0.39 is 0 Å². The number of H-pyrrole nitrogens is 1. The van der Waals surface area contributed by atoms with Crippen molar-refractivity contribution in [3.63, 3.8) is 0 Å². The number of morpholine rings is 1. The van der Waals surface area contributed by atoms with Gasteiger partial charge < -0.3 is 19.5 Å². The van der Waals surface area contributed by atoms with E-state index in [0.29, 0.717) is 13.2 Å². The van der Waals surface area contributed by atoms with Crippen LogP contribution in [0.3, 0.4) is 0 Å². The topological polar surface area (TPSA) is 74.4 Å². The number of rotatable bonds is 3. The molecule has 0 aliphatic carbocycles. The van der Waals surface area contributed by atoms with Crippen LogP contribution in [0.25, 0.3) is 10.9 Å². The van der Waals surface area contributed by atoms with Crippen LogP contribution in [0.2, 0.25) is 0 Å². The number of carbonyl (C=O) groups is 1. The summed E-state index contributed by atoms with van der Waals surface area (Å²) in [5, 5.41) is 1.18. The molecule has 7 heteroatoms. The maximum atomic E-state index is 12.9. The summed E-state index contributed by atoms with van der Waals surface area (Å²) < 4.78 is 5.73. The molecular formula is C22H25N5O2. The summed E-state index contributed by atoms with van der Waals surface area (Å²) in [5.74, 6) is 0.985. The lowest BCUT2D eigenvalue weighted by Gasteiger charge is -2.51. The molecule has 1 N–H and O–H groups in total. The number of hydrogen-bond acceptors (Lipinski definition) is 5. The van der Waals surface area contributed by atoms with Gasteiger partial charge in [0.2, 0.25) is 5.91 Å².